The van der Waals surface area contributed by atoms with Gasteiger partial charge in [0.15, 0.2) is 0 Å². The molecule has 1 atom stereocenters. The van der Waals surface area contributed by atoms with Crippen LogP contribution >= 0.6 is 11.8 Å². The van der Waals surface area contributed by atoms with Gasteiger partial charge in [0.2, 0.25) is 5.95 Å². The maximum Gasteiger partial charge on any atom is 0.225 e. The van der Waals surface area contributed by atoms with Crippen LogP contribution in [0.3, 0.4) is 0 Å². The molecule has 0 aliphatic carbocycles. The minimum Gasteiger partial charge on any atom is -0.341 e. The Kier molecular flexibility index (Phi) is 6.76. The molecule has 0 aliphatic rings. The second-order valence-corrected chi connectivity index (χ2v) is 7.22. The molecule has 114 valence electrons. The van der Waals surface area contributed by atoms with Crippen LogP contribution in [0.2, 0.25) is 0 Å². The van der Waals surface area contributed by atoms with Crippen LogP contribution in [0, 0.1) is 0 Å². The Bertz CT molecular complexity index is 386. The van der Waals surface area contributed by atoms with Crippen LogP contribution in [-0.2, 0) is 6.54 Å². The van der Waals surface area contributed by atoms with E-state index in [1.54, 1.807) is 0 Å². The summed E-state index contributed by atoms with van der Waals surface area (Å²) in [5, 5.41) is 3.44. The van der Waals surface area contributed by atoms with Crippen molar-refractivity contribution in [2.24, 2.45) is 0 Å². The van der Waals surface area contributed by atoms with Crippen LogP contribution < -0.4 is 10.2 Å². The van der Waals surface area contributed by atoms with Gasteiger partial charge in [-0.1, -0.05) is 0 Å². The van der Waals surface area contributed by atoms with Crippen molar-refractivity contribution in [3.63, 3.8) is 0 Å². The fourth-order valence-corrected chi connectivity index (χ4v) is 2.24. The highest BCUT2D eigenvalue weighted by atomic mass is 32.2. The van der Waals surface area contributed by atoms with E-state index in [1.165, 1.54) is 5.75 Å². The molecule has 20 heavy (non-hydrogen) atoms. The summed E-state index contributed by atoms with van der Waals surface area (Å²) < 4.78 is 0. The molecule has 0 bridgehead atoms. The van der Waals surface area contributed by atoms with Crippen molar-refractivity contribution in [3.05, 3.63) is 18.0 Å². The van der Waals surface area contributed by atoms with E-state index in [0.717, 1.165) is 24.5 Å². The Balaban J connectivity index is 2.57. The van der Waals surface area contributed by atoms with Crippen molar-refractivity contribution < 1.29 is 0 Å². The lowest BCUT2D eigenvalue weighted by molar-refractivity contribution is 0.423. The average molecular weight is 296 g/mol. The Labute approximate surface area is 127 Å². The highest BCUT2D eigenvalue weighted by molar-refractivity contribution is 7.98. The fourth-order valence-electron chi connectivity index (χ4n) is 1.67. The summed E-state index contributed by atoms with van der Waals surface area (Å²) >= 11 is 1.88. The monoisotopic (exact) mass is 296 g/mol. The third-order valence-corrected chi connectivity index (χ3v) is 3.87. The number of rotatable bonds is 7. The quantitative estimate of drug-likeness (QED) is 0.838. The van der Waals surface area contributed by atoms with Gasteiger partial charge in [0, 0.05) is 43.1 Å². The lowest BCUT2D eigenvalue weighted by Crippen LogP contribution is -2.35. The van der Waals surface area contributed by atoms with Crippen LogP contribution in [0.25, 0.3) is 0 Å². The van der Waals surface area contributed by atoms with Gasteiger partial charge >= 0.3 is 0 Å². The van der Waals surface area contributed by atoms with Crippen LogP contribution in [0.15, 0.2) is 12.4 Å². The predicted molar refractivity (Wildman–Crippen MR) is 89.5 cm³/mol. The van der Waals surface area contributed by atoms with Gasteiger partial charge in [0.25, 0.3) is 0 Å². The summed E-state index contributed by atoms with van der Waals surface area (Å²) in [4.78, 5) is 11.1. The van der Waals surface area contributed by atoms with E-state index in [1.807, 2.05) is 24.2 Å². The van der Waals surface area contributed by atoms with Gasteiger partial charge in [-0.2, -0.15) is 11.8 Å². The summed E-state index contributed by atoms with van der Waals surface area (Å²) in [6, 6.07) is 0.459. The van der Waals surface area contributed by atoms with E-state index >= 15 is 0 Å². The smallest absolute Gasteiger partial charge is 0.225 e. The molecular formula is C15H28N4S. The molecule has 0 spiro atoms. The zero-order chi connectivity index (χ0) is 15.2. The molecule has 0 aliphatic heterocycles. The largest absolute Gasteiger partial charge is 0.341 e. The molecule has 1 rings (SSSR count). The molecule has 0 amide bonds. The number of hydrogen-bond donors (Lipinski definition) is 1. The van der Waals surface area contributed by atoms with E-state index in [9.17, 15) is 0 Å². The van der Waals surface area contributed by atoms with E-state index < -0.39 is 0 Å². The molecular weight excluding hydrogens is 268 g/mol. The van der Waals surface area contributed by atoms with E-state index in [4.69, 9.17) is 0 Å². The first-order chi connectivity index (χ1) is 9.33. The standard InChI is InChI=1S/C15H28N4S/c1-12(7-8-20-6)19(5)14-16-9-13(10-17-14)11-18-15(2,3)4/h9-10,12,18H,7-8,11H2,1-6H3. The first-order valence-electron chi connectivity index (χ1n) is 7.11. The van der Waals surface area contributed by atoms with Crippen LogP contribution in [-0.4, -0.2) is 40.6 Å². The summed E-state index contributed by atoms with van der Waals surface area (Å²) in [5.74, 6) is 1.97. The number of nitrogens with zero attached hydrogens (tertiary/aromatic N) is 3. The minimum atomic E-state index is 0.113. The van der Waals surface area contributed by atoms with Crippen molar-refractivity contribution >= 4 is 17.7 Å². The Morgan fingerprint density at radius 3 is 2.40 bits per heavy atom. The molecule has 1 aromatic heterocycles. The van der Waals surface area contributed by atoms with Crippen molar-refractivity contribution in [2.45, 2.75) is 52.2 Å². The SMILES string of the molecule is CSCCC(C)N(C)c1ncc(CNC(C)(C)C)cn1. The molecule has 0 fully saturated rings. The van der Waals surface area contributed by atoms with Crippen LogP contribution in [0.4, 0.5) is 5.95 Å². The lowest BCUT2D eigenvalue weighted by atomic mass is 10.1. The van der Waals surface area contributed by atoms with Gasteiger partial charge in [-0.3, -0.25) is 0 Å². The van der Waals surface area contributed by atoms with Crippen LogP contribution in [0.1, 0.15) is 39.7 Å². The first kappa shape index (κ1) is 17.2. The van der Waals surface area contributed by atoms with Gasteiger partial charge in [-0.25, -0.2) is 9.97 Å². The normalized spacial score (nSPS) is 13.3. The zero-order valence-electron chi connectivity index (χ0n) is 13.6. The Morgan fingerprint density at radius 2 is 1.90 bits per heavy atom. The predicted octanol–water partition coefficient (Wildman–Crippen LogP) is 2.94. The van der Waals surface area contributed by atoms with Gasteiger partial charge in [-0.05, 0) is 46.1 Å². The maximum absolute atomic E-state index is 4.48. The first-order valence-corrected chi connectivity index (χ1v) is 8.50. The van der Waals surface area contributed by atoms with E-state index in [-0.39, 0.29) is 5.54 Å². The number of nitrogens with one attached hydrogen (secondary N) is 1. The summed E-state index contributed by atoms with van der Waals surface area (Å²) in [5.41, 5.74) is 1.23. The summed E-state index contributed by atoms with van der Waals surface area (Å²) in [6.45, 7) is 9.49. The van der Waals surface area contributed by atoms with E-state index in [2.05, 4.69) is 61.2 Å². The molecule has 1 N–H and O–H groups in total. The van der Waals surface area contributed by atoms with Crippen molar-refractivity contribution in [1.29, 1.82) is 0 Å². The van der Waals surface area contributed by atoms with Crippen molar-refractivity contribution in [1.82, 2.24) is 15.3 Å². The fraction of sp³-hybridized carbons (Fsp3) is 0.733. The highest BCUT2D eigenvalue weighted by Gasteiger charge is 2.13. The molecule has 0 saturated carbocycles. The molecule has 0 aromatic carbocycles. The third kappa shape index (κ3) is 6.09. The Hall–Kier alpha value is -0.810. The highest BCUT2D eigenvalue weighted by Crippen LogP contribution is 2.13. The number of aromatic nitrogens is 2. The lowest BCUT2D eigenvalue weighted by Gasteiger charge is -2.25. The Morgan fingerprint density at radius 1 is 1.30 bits per heavy atom. The maximum atomic E-state index is 4.48. The van der Waals surface area contributed by atoms with Crippen LogP contribution in [0.5, 0.6) is 0 Å². The molecule has 0 saturated heterocycles. The van der Waals surface area contributed by atoms with Crippen molar-refractivity contribution in [3.8, 4) is 0 Å². The molecule has 0 radical (unpaired) electrons. The second-order valence-electron chi connectivity index (χ2n) is 6.24. The van der Waals surface area contributed by atoms with Gasteiger partial charge < -0.3 is 10.2 Å². The summed E-state index contributed by atoms with van der Waals surface area (Å²) in [7, 11) is 2.06. The van der Waals surface area contributed by atoms with Gasteiger partial charge in [0.1, 0.15) is 0 Å². The minimum absolute atomic E-state index is 0.113. The topological polar surface area (TPSA) is 41.1 Å². The number of anilines is 1. The molecule has 5 heteroatoms. The van der Waals surface area contributed by atoms with E-state index in [0.29, 0.717) is 6.04 Å². The second kappa shape index (κ2) is 7.84. The van der Waals surface area contributed by atoms with Crippen molar-refractivity contribution in [2.75, 3.05) is 24.0 Å². The molecule has 4 nitrogen and oxygen atoms in total. The molecule has 1 aromatic rings. The average Bonchev–Trinajstić information content (AvgIpc) is 2.41. The number of hydrogen-bond acceptors (Lipinski definition) is 5. The number of thioether (sulfide) groups is 1. The summed E-state index contributed by atoms with van der Waals surface area (Å²) in [6.07, 6.45) is 7.12. The van der Waals surface area contributed by atoms with Gasteiger partial charge in [-0.15, -0.1) is 0 Å². The molecule has 1 unspecified atom stereocenters. The third-order valence-electron chi connectivity index (χ3n) is 3.23. The van der Waals surface area contributed by atoms with Gasteiger partial charge in [0.05, 0.1) is 0 Å². The molecule has 1 heterocycles. The zero-order valence-corrected chi connectivity index (χ0v) is 14.4.